The summed E-state index contributed by atoms with van der Waals surface area (Å²) in [6, 6.07) is 11.9. The van der Waals surface area contributed by atoms with Gasteiger partial charge in [0.25, 0.3) is 0 Å². The molecule has 6 nitrogen and oxygen atoms in total. The van der Waals surface area contributed by atoms with Crippen LogP contribution >= 0.6 is 34.7 Å². The average Bonchev–Trinajstić information content (AvgIpc) is 3.36. The number of halogens is 1. The van der Waals surface area contributed by atoms with Crippen molar-refractivity contribution in [2.45, 2.75) is 5.16 Å². The van der Waals surface area contributed by atoms with Gasteiger partial charge in [0, 0.05) is 33.2 Å². The fourth-order valence-corrected chi connectivity index (χ4v) is 5.00. The smallest absolute Gasteiger partial charge is 0.233 e. The van der Waals surface area contributed by atoms with Gasteiger partial charge < -0.3 is 14.4 Å². The van der Waals surface area contributed by atoms with Crippen molar-refractivity contribution >= 4 is 46.3 Å². The van der Waals surface area contributed by atoms with E-state index in [0.29, 0.717) is 18.8 Å². The van der Waals surface area contributed by atoms with E-state index in [0.717, 1.165) is 39.7 Å². The predicted octanol–water partition coefficient (Wildman–Crippen LogP) is 3.64. The predicted molar refractivity (Wildman–Crippen MR) is 115 cm³/mol. The summed E-state index contributed by atoms with van der Waals surface area (Å²) in [7, 11) is 1.93. The number of amides is 1. The zero-order chi connectivity index (χ0) is 19.5. The first-order valence-corrected chi connectivity index (χ1v) is 11.2. The van der Waals surface area contributed by atoms with Gasteiger partial charge in [0.15, 0.2) is 11.0 Å². The lowest BCUT2D eigenvalue weighted by atomic mass is 10.2. The molecule has 2 aromatic heterocycles. The van der Waals surface area contributed by atoms with Crippen LogP contribution in [-0.2, 0) is 11.8 Å². The summed E-state index contributed by atoms with van der Waals surface area (Å²) >= 11 is 9.35. The minimum atomic E-state index is 0.129. The van der Waals surface area contributed by atoms with Crippen LogP contribution < -0.4 is 4.90 Å². The fourth-order valence-electron chi connectivity index (χ4n) is 3.18. The van der Waals surface area contributed by atoms with E-state index < -0.39 is 0 Å². The van der Waals surface area contributed by atoms with Crippen molar-refractivity contribution in [3.63, 3.8) is 0 Å². The summed E-state index contributed by atoms with van der Waals surface area (Å²) in [6.45, 7) is 2.97. The Balaban J connectivity index is 1.31. The molecule has 3 heterocycles. The summed E-state index contributed by atoms with van der Waals surface area (Å²) in [5, 5.41) is 12.0. The highest BCUT2D eigenvalue weighted by atomic mass is 35.5. The first-order chi connectivity index (χ1) is 13.6. The molecule has 0 radical (unpaired) electrons. The molecule has 9 heteroatoms. The topological polar surface area (TPSA) is 54.3 Å². The molecule has 1 saturated heterocycles. The highest BCUT2D eigenvalue weighted by Crippen LogP contribution is 2.27. The molecule has 3 aromatic rings. The second-order valence-electron chi connectivity index (χ2n) is 6.45. The summed E-state index contributed by atoms with van der Waals surface area (Å²) in [5.74, 6) is 1.32. The van der Waals surface area contributed by atoms with Crippen molar-refractivity contribution < 1.29 is 4.79 Å². The molecule has 0 atom stereocenters. The number of para-hydroxylation sites is 1. The maximum absolute atomic E-state index is 12.6. The lowest BCUT2D eigenvalue weighted by Gasteiger charge is -2.36. The number of benzene rings is 1. The van der Waals surface area contributed by atoms with Crippen molar-refractivity contribution in [2.75, 3.05) is 36.8 Å². The van der Waals surface area contributed by atoms with Gasteiger partial charge in [0.2, 0.25) is 5.91 Å². The first kappa shape index (κ1) is 19.3. The first-order valence-electron chi connectivity index (χ1n) is 8.97. The van der Waals surface area contributed by atoms with Crippen LogP contribution in [-0.4, -0.2) is 57.5 Å². The van der Waals surface area contributed by atoms with E-state index in [1.165, 1.54) is 11.8 Å². The van der Waals surface area contributed by atoms with Crippen LogP contribution in [0.4, 0.5) is 5.69 Å². The highest BCUT2D eigenvalue weighted by molar-refractivity contribution is 7.99. The molecular formula is C19H20ClN5OS2. The number of carbonyl (C=O) groups excluding carboxylic acids is 1. The Hall–Kier alpha value is -2.03. The number of rotatable bonds is 5. The number of hydrogen-bond acceptors (Lipinski definition) is 6. The summed E-state index contributed by atoms with van der Waals surface area (Å²) < 4.78 is 1.94. The number of carbonyl (C=O) groups is 1. The highest BCUT2D eigenvalue weighted by Gasteiger charge is 2.23. The maximum Gasteiger partial charge on any atom is 0.233 e. The third-order valence-electron chi connectivity index (χ3n) is 4.73. The van der Waals surface area contributed by atoms with Crippen LogP contribution in [0.25, 0.3) is 10.7 Å². The van der Waals surface area contributed by atoms with E-state index in [9.17, 15) is 4.79 Å². The van der Waals surface area contributed by atoms with E-state index in [-0.39, 0.29) is 5.91 Å². The lowest BCUT2D eigenvalue weighted by Crippen LogP contribution is -2.49. The van der Waals surface area contributed by atoms with Gasteiger partial charge in [-0.25, -0.2) is 0 Å². The van der Waals surface area contributed by atoms with Gasteiger partial charge in [-0.1, -0.05) is 41.6 Å². The van der Waals surface area contributed by atoms with Gasteiger partial charge in [-0.15, -0.1) is 21.5 Å². The van der Waals surface area contributed by atoms with E-state index in [4.69, 9.17) is 11.6 Å². The van der Waals surface area contributed by atoms with Crippen LogP contribution in [0, 0.1) is 0 Å². The molecule has 28 heavy (non-hydrogen) atoms. The van der Waals surface area contributed by atoms with E-state index in [1.807, 2.05) is 58.3 Å². The van der Waals surface area contributed by atoms with Crippen LogP contribution in [0.3, 0.4) is 0 Å². The van der Waals surface area contributed by atoms with Crippen LogP contribution in [0.2, 0.25) is 5.02 Å². The second-order valence-corrected chi connectivity index (χ2v) is 8.75. The van der Waals surface area contributed by atoms with E-state index in [2.05, 4.69) is 15.1 Å². The minimum absolute atomic E-state index is 0.129. The Morgan fingerprint density at radius 3 is 2.64 bits per heavy atom. The van der Waals surface area contributed by atoms with Crippen molar-refractivity contribution in [1.82, 2.24) is 19.7 Å². The number of hydrogen-bond donors (Lipinski definition) is 0. The Morgan fingerprint density at radius 2 is 1.93 bits per heavy atom. The third kappa shape index (κ3) is 4.04. The molecule has 0 bridgehead atoms. The number of thiophene rings is 1. The molecule has 4 rings (SSSR count). The summed E-state index contributed by atoms with van der Waals surface area (Å²) in [6.07, 6.45) is 0. The average molecular weight is 434 g/mol. The SMILES string of the molecule is Cn1c(SCC(=O)N2CCN(c3ccccc3Cl)CC2)nnc1-c1cccs1. The molecule has 0 saturated carbocycles. The fraction of sp³-hybridized carbons (Fsp3) is 0.316. The van der Waals surface area contributed by atoms with Crippen molar-refractivity contribution in [1.29, 1.82) is 0 Å². The third-order valence-corrected chi connectivity index (χ3v) is 6.92. The normalized spacial score (nSPS) is 14.5. The van der Waals surface area contributed by atoms with Crippen LogP contribution in [0.1, 0.15) is 0 Å². The van der Waals surface area contributed by atoms with Crippen molar-refractivity contribution in [2.24, 2.45) is 7.05 Å². The molecule has 146 valence electrons. The zero-order valence-electron chi connectivity index (χ0n) is 15.4. The van der Waals surface area contributed by atoms with Crippen molar-refractivity contribution in [3.8, 4) is 10.7 Å². The van der Waals surface area contributed by atoms with Crippen molar-refractivity contribution in [3.05, 3.63) is 46.8 Å². The molecule has 0 N–H and O–H groups in total. The molecule has 0 spiro atoms. The molecule has 1 fully saturated rings. The molecular weight excluding hydrogens is 414 g/mol. The monoisotopic (exact) mass is 433 g/mol. The van der Waals surface area contributed by atoms with Gasteiger partial charge in [-0.05, 0) is 23.6 Å². The summed E-state index contributed by atoms with van der Waals surface area (Å²) in [4.78, 5) is 17.9. The number of anilines is 1. The van der Waals surface area contributed by atoms with Gasteiger partial charge in [0.05, 0.1) is 21.3 Å². The number of aromatic nitrogens is 3. The van der Waals surface area contributed by atoms with E-state index in [1.54, 1.807) is 11.3 Å². The largest absolute Gasteiger partial charge is 0.367 e. The molecule has 1 aliphatic rings. The minimum Gasteiger partial charge on any atom is -0.367 e. The quantitative estimate of drug-likeness (QED) is 0.575. The van der Waals surface area contributed by atoms with Gasteiger partial charge in [-0.2, -0.15) is 0 Å². The molecule has 0 unspecified atom stereocenters. The molecule has 1 amide bonds. The Labute approximate surface area is 177 Å². The maximum atomic E-state index is 12.6. The van der Waals surface area contributed by atoms with Crippen LogP contribution in [0.15, 0.2) is 46.9 Å². The molecule has 1 aromatic carbocycles. The molecule has 1 aliphatic heterocycles. The Kier molecular flexibility index (Phi) is 5.89. The number of nitrogens with zero attached hydrogens (tertiary/aromatic N) is 5. The zero-order valence-corrected chi connectivity index (χ0v) is 17.8. The second kappa shape index (κ2) is 8.55. The van der Waals surface area contributed by atoms with E-state index >= 15 is 0 Å². The Morgan fingerprint density at radius 1 is 1.14 bits per heavy atom. The lowest BCUT2D eigenvalue weighted by molar-refractivity contribution is -0.128. The van der Waals surface area contributed by atoms with Gasteiger partial charge in [0.1, 0.15) is 0 Å². The summed E-state index contributed by atoms with van der Waals surface area (Å²) in [5.41, 5.74) is 1.03. The number of piperazine rings is 1. The number of thioether (sulfide) groups is 1. The van der Waals surface area contributed by atoms with Crippen LogP contribution in [0.5, 0.6) is 0 Å². The Bertz CT molecular complexity index is 951. The van der Waals surface area contributed by atoms with Gasteiger partial charge >= 0.3 is 0 Å². The molecule has 0 aliphatic carbocycles. The van der Waals surface area contributed by atoms with Gasteiger partial charge in [-0.3, -0.25) is 4.79 Å². The standard InChI is InChI=1S/C19H20ClN5OS2/c1-23-18(16-7-4-12-27-16)21-22-19(23)28-13-17(26)25-10-8-24(9-11-25)15-6-3-2-5-14(15)20/h2-7,12H,8-11,13H2,1H3.